The number of carbonyl (C=O) groups excluding carboxylic acids is 1. The van der Waals surface area contributed by atoms with Gasteiger partial charge in [-0.1, -0.05) is 0 Å². The minimum Gasteiger partial charge on any atom is -0.453 e. The fraction of sp³-hybridized carbons (Fsp3) is 0.875. The molecule has 0 aromatic rings. The van der Waals surface area contributed by atoms with Gasteiger partial charge >= 0.3 is 6.09 Å². The summed E-state index contributed by atoms with van der Waals surface area (Å²) in [6.07, 6.45) is 2.64. The number of amides is 1. The minimum absolute atomic E-state index is 0.0359. The minimum atomic E-state index is -0.325. The summed E-state index contributed by atoms with van der Waals surface area (Å²) in [5, 5.41) is 8.96. The van der Waals surface area contributed by atoms with Gasteiger partial charge in [-0.25, -0.2) is 4.79 Å². The number of nitrogens with zero attached hydrogens (tertiary/aromatic N) is 1. The molecule has 0 spiro atoms. The Labute approximate surface area is 72.1 Å². The van der Waals surface area contributed by atoms with E-state index in [-0.39, 0.29) is 18.7 Å². The molecule has 1 N–H and O–H groups in total. The van der Waals surface area contributed by atoms with Crippen molar-refractivity contribution in [3.8, 4) is 0 Å². The Balaban J connectivity index is 2.52. The third-order valence-electron chi connectivity index (χ3n) is 2.25. The first-order chi connectivity index (χ1) is 5.79. The van der Waals surface area contributed by atoms with Gasteiger partial charge in [-0.3, -0.25) is 0 Å². The maximum Gasteiger partial charge on any atom is 0.409 e. The SMILES string of the molecule is COC(=O)N1CCCCC1CO. The zero-order chi connectivity index (χ0) is 8.97. The molecule has 0 bridgehead atoms. The van der Waals surface area contributed by atoms with E-state index in [1.807, 2.05) is 0 Å². The predicted octanol–water partition coefficient (Wildman–Crippen LogP) is 0.600. The molecule has 1 rings (SSSR count). The molecule has 1 saturated heterocycles. The van der Waals surface area contributed by atoms with Crippen LogP contribution in [0.25, 0.3) is 0 Å². The summed E-state index contributed by atoms with van der Waals surface area (Å²) < 4.78 is 4.60. The van der Waals surface area contributed by atoms with E-state index in [1.54, 1.807) is 4.90 Å². The smallest absolute Gasteiger partial charge is 0.409 e. The number of piperidine rings is 1. The van der Waals surface area contributed by atoms with E-state index in [0.717, 1.165) is 19.3 Å². The van der Waals surface area contributed by atoms with Crippen LogP contribution in [-0.4, -0.2) is 42.4 Å². The Morgan fingerprint density at radius 3 is 3.00 bits per heavy atom. The number of carbonyl (C=O) groups is 1. The molecule has 0 saturated carbocycles. The van der Waals surface area contributed by atoms with Crippen molar-refractivity contribution in [1.29, 1.82) is 0 Å². The number of aliphatic hydroxyl groups is 1. The van der Waals surface area contributed by atoms with Crippen molar-refractivity contribution in [3.63, 3.8) is 0 Å². The zero-order valence-electron chi connectivity index (χ0n) is 7.32. The summed E-state index contributed by atoms with van der Waals surface area (Å²) in [5.41, 5.74) is 0. The summed E-state index contributed by atoms with van der Waals surface area (Å²) in [6.45, 7) is 0.743. The lowest BCUT2D eigenvalue weighted by atomic mass is 10.0. The molecule has 1 aliphatic rings. The van der Waals surface area contributed by atoms with Crippen LogP contribution < -0.4 is 0 Å². The Morgan fingerprint density at radius 1 is 1.67 bits per heavy atom. The first-order valence-electron chi connectivity index (χ1n) is 4.25. The molecule has 0 aromatic heterocycles. The van der Waals surface area contributed by atoms with Gasteiger partial charge < -0.3 is 14.7 Å². The summed E-state index contributed by atoms with van der Waals surface area (Å²) in [5.74, 6) is 0. The maximum absolute atomic E-state index is 11.1. The highest BCUT2D eigenvalue weighted by Crippen LogP contribution is 2.16. The van der Waals surface area contributed by atoms with E-state index >= 15 is 0 Å². The monoisotopic (exact) mass is 173 g/mol. The second-order valence-corrected chi connectivity index (χ2v) is 3.00. The first-order valence-corrected chi connectivity index (χ1v) is 4.25. The van der Waals surface area contributed by atoms with Crippen LogP contribution in [0, 0.1) is 0 Å². The number of hydrogen-bond donors (Lipinski definition) is 1. The number of ether oxygens (including phenoxy) is 1. The molecule has 0 aliphatic carbocycles. The van der Waals surface area contributed by atoms with Crippen LogP contribution in [-0.2, 0) is 4.74 Å². The van der Waals surface area contributed by atoms with Crippen molar-refractivity contribution < 1.29 is 14.6 Å². The Bertz CT molecular complexity index is 160. The van der Waals surface area contributed by atoms with E-state index in [0.29, 0.717) is 6.54 Å². The molecule has 1 heterocycles. The maximum atomic E-state index is 11.1. The van der Waals surface area contributed by atoms with Crippen LogP contribution in [0.5, 0.6) is 0 Å². The van der Waals surface area contributed by atoms with Crippen LogP contribution >= 0.6 is 0 Å². The Kier molecular flexibility index (Phi) is 3.34. The quantitative estimate of drug-likeness (QED) is 0.631. The average molecular weight is 173 g/mol. The normalized spacial score (nSPS) is 23.8. The van der Waals surface area contributed by atoms with Gasteiger partial charge in [0, 0.05) is 6.54 Å². The van der Waals surface area contributed by atoms with Crippen LogP contribution in [0.1, 0.15) is 19.3 Å². The summed E-state index contributed by atoms with van der Waals surface area (Å²) in [4.78, 5) is 12.7. The van der Waals surface area contributed by atoms with E-state index in [1.165, 1.54) is 7.11 Å². The lowest BCUT2D eigenvalue weighted by Crippen LogP contribution is -2.45. The van der Waals surface area contributed by atoms with Gasteiger partial charge in [0.05, 0.1) is 19.8 Å². The van der Waals surface area contributed by atoms with Crippen LogP contribution in [0.15, 0.2) is 0 Å². The van der Waals surface area contributed by atoms with Gasteiger partial charge in [-0.15, -0.1) is 0 Å². The first kappa shape index (κ1) is 9.32. The van der Waals surface area contributed by atoms with Crippen LogP contribution in [0.4, 0.5) is 4.79 Å². The van der Waals surface area contributed by atoms with Crippen molar-refractivity contribution in [2.45, 2.75) is 25.3 Å². The summed E-state index contributed by atoms with van der Waals surface area (Å²) in [6, 6.07) is -0.0359. The topological polar surface area (TPSA) is 49.8 Å². The Hall–Kier alpha value is -0.770. The van der Waals surface area contributed by atoms with E-state index in [4.69, 9.17) is 5.11 Å². The van der Waals surface area contributed by atoms with Crippen molar-refractivity contribution in [2.24, 2.45) is 0 Å². The summed E-state index contributed by atoms with van der Waals surface area (Å²) >= 11 is 0. The molecule has 1 unspecified atom stereocenters. The van der Waals surface area contributed by atoms with Crippen LogP contribution in [0.3, 0.4) is 0 Å². The van der Waals surface area contributed by atoms with E-state index < -0.39 is 0 Å². The van der Waals surface area contributed by atoms with E-state index in [2.05, 4.69) is 4.74 Å². The lowest BCUT2D eigenvalue weighted by molar-refractivity contribution is 0.0660. The number of hydrogen-bond acceptors (Lipinski definition) is 3. The Morgan fingerprint density at radius 2 is 2.42 bits per heavy atom. The van der Waals surface area contributed by atoms with Crippen molar-refractivity contribution in [1.82, 2.24) is 4.90 Å². The molecule has 1 aliphatic heterocycles. The van der Waals surface area contributed by atoms with Gasteiger partial charge in [0.25, 0.3) is 0 Å². The number of likely N-dealkylation sites (tertiary alicyclic amines) is 1. The third kappa shape index (κ3) is 1.88. The molecule has 4 heteroatoms. The average Bonchev–Trinajstić information content (AvgIpc) is 2.16. The second-order valence-electron chi connectivity index (χ2n) is 3.00. The highest BCUT2D eigenvalue weighted by atomic mass is 16.5. The van der Waals surface area contributed by atoms with Crippen molar-refractivity contribution in [2.75, 3.05) is 20.3 Å². The zero-order valence-corrected chi connectivity index (χ0v) is 7.32. The molecule has 12 heavy (non-hydrogen) atoms. The van der Waals surface area contributed by atoms with Crippen molar-refractivity contribution in [3.05, 3.63) is 0 Å². The molecular weight excluding hydrogens is 158 g/mol. The molecule has 4 nitrogen and oxygen atoms in total. The molecule has 0 radical (unpaired) electrons. The molecule has 1 atom stereocenters. The summed E-state index contributed by atoms with van der Waals surface area (Å²) in [7, 11) is 1.37. The van der Waals surface area contributed by atoms with Crippen LogP contribution in [0.2, 0.25) is 0 Å². The van der Waals surface area contributed by atoms with Gasteiger partial charge in [-0.05, 0) is 19.3 Å². The molecule has 0 aromatic carbocycles. The van der Waals surface area contributed by atoms with Gasteiger partial charge in [0.2, 0.25) is 0 Å². The standard InChI is InChI=1S/C8H15NO3/c1-12-8(11)9-5-3-2-4-7(9)6-10/h7,10H,2-6H2,1H3. The predicted molar refractivity (Wildman–Crippen MR) is 43.8 cm³/mol. The largest absolute Gasteiger partial charge is 0.453 e. The second kappa shape index (κ2) is 4.30. The highest BCUT2D eigenvalue weighted by molar-refractivity contribution is 5.67. The van der Waals surface area contributed by atoms with Crippen molar-refractivity contribution >= 4 is 6.09 Å². The molecule has 70 valence electrons. The highest BCUT2D eigenvalue weighted by Gasteiger charge is 2.26. The fourth-order valence-electron chi connectivity index (χ4n) is 1.55. The lowest BCUT2D eigenvalue weighted by Gasteiger charge is -2.33. The van der Waals surface area contributed by atoms with Gasteiger partial charge in [-0.2, -0.15) is 0 Å². The number of aliphatic hydroxyl groups excluding tert-OH is 1. The number of methoxy groups -OCH3 is 1. The number of rotatable bonds is 1. The van der Waals surface area contributed by atoms with Gasteiger partial charge in [0.1, 0.15) is 0 Å². The molecule has 1 fully saturated rings. The van der Waals surface area contributed by atoms with E-state index in [9.17, 15) is 4.79 Å². The molecular formula is C8H15NO3. The fourth-order valence-corrected chi connectivity index (χ4v) is 1.55. The molecule has 1 amide bonds. The third-order valence-corrected chi connectivity index (χ3v) is 2.25. The van der Waals surface area contributed by atoms with Gasteiger partial charge in [0.15, 0.2) is 0 Å².